The second-order valence-electron chi connectivity index (χ2n) is 2.85. The standard InChI is InChI=1S/C7H7N3O5S/c8-7(11)4-1-2-6(16(9,14)15)5(3-4)10(12)13/h1-3H,(H2,8,11)(H2,9,14,15). The first-order chi connectivity index (χ1) is 7.23. The van der Waals surface area contributed by atoms with Gasteiger partial charge >= 0.3 is 0 Å². The number of rotatable bonds is 3. The van der Waals surface area contributed by atoms with Crippen molar-refractivity contribution in [1.82, 2.24) is 0 Å². The van der Waals surface area contributed by atoms with Crippen molar-refractivity contribution in [3.63, 3.8) is 0 Å². The van der Waals surface area contributed by atoms with E-state index >= 15 is 0 Å². The van der Waals surface area contributed by atoms with Crippen LogP contribution >= 0.6 is 0 Å². The number of amides is 1. The maximum atomic E-state index is 11.0. The number of carbonyl (C=O) groups excluding carboxylic acids is 1. The van der Waals surface area contributed by atoms with Crippen molar-refractivity contribution in [3.8, 4) is 0 Å². The molecule has 1 aromatic rings. The van der Waals surface area contributed by atoms with E-state index < -0.39 is 31.4 Å². The third-order valence-electron chi connectivity index (χ3n) is 1.75. The minimum absolute atomic E-state index is 0.167. The van der Waals surface area contributed by atoms with Gasteiger partial charge in [-0.05, 0) is 12.1 Å². The summed E-state index contributed by atoms with van der Waals surface area (Å²) in [6, 6.07) is 2.69. The largest absolute Gasteiger partial charge is 0.366 e. The SMILES string of the molecule is NC(=O)c1ccc(S(N)(=O)=O)c([N+](=O)[O-])c1. The number of primary amides is 1. The van der Waals surface area contributed by atoms with Gasteiger partial charge in [0.15, 0.2) is 4.90 Å². The highest BCUT2D eigenvalue weighted by atomic mass is 32.2. The number of carbonyl (C=O) groups is 1. The van der Waals surface area contributed by atoms with E-state index in [1.165, 1.54) is 0 Å². The molecule has 8 nitrogen and oxygen atoms in total. The monoisotopic (exact) mass is 245 g/mol. The van der Waals surface area contributed by atoms with Gasteiger partial charge in [0, 0.05) is 11.6 Å². The highest BCUT2D eigenvalue weighted by molar-refractivity contribution is 7.89. The highest BCUT2D eigenvalue weighted by Gasteiger charge is 2.23. The second-order valence-corrected chi connectivity index (χ2v) is 4.38. The first-order valence-electron chi connectivity index (χ1n) is 3.84. The summed E-state index contributed by atoms with van der Waals surface area (Å²) < 4.78 is 22.0. The van der Waals surface area contributed by atoms with Gasteiger partial charge in [-0.15, -0.1) is 0 Å². The number of nitro benzene ring substituents is 1. The molecule has 0 atom stereocenters. The lowest BCUT2D eigenvalue weighted by Crippen LogP contribution is -2.16. The van der Waals surface area contributed by atoms with E-state index in [1.807, 2.05) is 0 Å². The van der Waals surface area contributed by atoms with Crippen LogP contribution in [0.25, 0.3) is 0 Å². The van der Waals surface area contributed by atoms with Crippen molar-refractivity contribution in [2.45, 2.75) is 4.90 Å². The third kappa shape index (κ3) is 2.32. The van der Waals surface area contributed by atoms with Crippen molar-refractivity contribution in [2.75, 3.05) is 0 Å². The summed E-state index contributed by atoms with van der Waals surface area (Å²) in [5.74, 6) is -0.899. The number of hydrogen-bond donors (Lipinski definition) is 2. The van der Waals surface area contributed by atoms with Gasteiger partial charge in [0.05, 0.1) is 4.92 Å². The molecule has 1 rings (SSSR count). The van der Waals surface area contributed by atoms with E-state index in [0.717, 1.165) is 18.2 Å². The molecule has 0 aliphatic rings. The summed E-state index contributed by atoms with van der Waals surface area (Å²) in [5.41, 5.74) is 3.95. The Morgan fingerprint density at radius 3 is 2.31 bits per heavy atom. The molecule has 16 heavy (non-hydrogen) atoms. The van der Waals surface area contributed by atoms with Gasteiger partial charge in [0.25, 0.3) is 5.69 Å². The van der Waals surface area contributed by atoms with Crippen molar-refractivity contribution < 1.29 is 18.1 Å². The molecular weight excluding hydrogens is 238 g/mol. The molecule has 1 amide bonds. The van der Waals surface area contributed by atoms with Crippen LogP contribution in [0.15, 0.2) is 23.1 Å². The fourth-order valence-electron chi connectivity index (χ4n) is 1.05. The van der Waals surface area contributed by atoms with E-state index in [9.17, 15) is 23.3 Å². The van der Waals surface area contributed by atoms with Gasteiger partial charge in [-0.2, -0.15) is 0 Å². The number of nitrogens with two attached hydrogens (primary N) is 2. The molecule has 0 unspecified atom stereocenters. The molecule has 0 fully saturated rings. The van der Waals surface area contributed by atoms with Crippen LogP contribution in [-0.2, 0) is 10.0 Å². The van der Waals surface area contributed by atoms with Crippen molar-refractivity contribution in [1.29, 1.82) is 0 Å². The smallest absolute Gasteiger partial charge is 0.290 e. The minimum atomic E-state index is -4.21. The van der Waals surface area contributed by atoms with Crippen molar-refractivity contribution in [3.05, 3.63) is 33.9 Å². The minimum Gasteiger partial charge on any atom is -0.366 e. The lowest BCUT2D eigenvalue weighted by molar-refractivity contribution is -0.387. The topological polar surface area (TPSA) is 146 Å². The maximum absolute atomic E-state index is 11.0. The molecule has 0 radical (unpaired) electrons. The summed E-state index contributed by atoms with van der Waals surface area (Å²) in [7, 11) is -4.21. The third-order valence-corrected chi connectivity index (χ3v) is 2.70. The van der Waals surface area contributed by atoms with Gasteiger partial charge in [0.1, 0.15) is 0 Å². The summed E-state index contributed by atoms with van der Waals surface area (Å²) >= 11 is 0. The number of sulfonamides is 1. The summed E-state index contributed by atoms with van der Waals surface area (Å²) in [6.45, 7) is 0. The van der Waals surface area contributed by atoms with Gasteiger partial charge in [-0.25, -0.2) is 13.6 Å². The Morgan fingerprint density at radius 2 is 1.94 bits per heavy atom. The van der Waals surface area contributed by atoms with Crippen LogP contribution in [-0.4, -0.2) is 19.2 Å². The summed E-state index contributed by atoms with van der Waals surface area (Å²) in [4.78, 5) is 19.7. The number of nitro groups is 1. The molecule has 0 spiro atoms. The molecule has 0 saturated heterocycles. The molecule has 0 bridgehead atoms. The molecule has 0 aromatic heterocycles. The molecule has 0 aliphatic carbocycles. The Kier molecular flexibility index (Phi) is 2.92. The van der Waals surface area contributed by atoms with E-state index in [2.05, 4.69) is 0 Å². The number of benzene rings is 1. The zero-order chi connectivity index (χ0) is 12.5. The predicted octanol–water partition coefficient (Wildman–Crippen LogP) is -0.659. The molecule has 4 N–H and O–H groups in total. The average Bonchev–Trinajstić information content (AvgIpc) is 2.15. The van der Waals surface area contributed by atoms with Crippen LogP contribution in [0.1, 0.15) is 10.4 Å². The quantitative estimate of drug-likeness (QED) is 0.536. The Hall–Kier alpha value is -2.00. The van der Waals surface area contributed by atoms with Crippen molar-refractivity contribution in [2.24, 2.45) is 10.9 Å². The zero-order valence-corrected chi connectivity index (χ0v) is 8.60. The van der Waals surface area contributed by atoms with E-state index in [-0.39, 0.29) is 5.56 Å². The van der Waals surface area contributed by atoms with Crippen LogP contribution in [0.4, 0.5) is 5.69 Å². The van der Waals surface area contributed by atoms with Crippen molar-refractivity contribution >= 4 is 21.6 Å². The molecule has 86 valence electrons. The number of nitrogens with zero attached hydrogens (tertiary/aromatic N) is 1. The maximum Gasteiger partial charge on any atom is 0.290 e. The van der Waals surface area contributed by atoms with E-state index in [4.69, 9.17) is 10.9 Å². The highest BCUT2D eigenvalue weighted by Crippen LogP contribution is 2.23. The average molecular weight is 245 g/mol. The van der Waals surface area contributed by atoms with Crippen LogP contribution in [0, 0.1) is 10.1 Å². The molecule has 0 aliphatic heterocycles. The summed E-state index contributed by atoms with van der Waals surface area (Å²) in [6.07, 6.45) is 0. The van der Waals surface area contributed by atoms with E-state index in [1.54, 1.807) is 0 Å². The Labute approximate surface area is 90.1 Å². The Morgan fingerprint density at radius 1 is 1.38 bits per heavy atom. The normalized spacial score (nSPS) is 11.1. The molecule has 0 heterocycles. The Balaban J connectivity index is 3.55. The second kappa shape index (κ2) is 3.87. The Bertz CT molecular complexity index is 565. The zero-order valence-electron chi connectivity index (χ0n) is 7.78. The van der Waals surface area contributed by atoms with Gasteiger partial charge < -0.3 is 5.73 Å². The lowest BCUT2D eigenvalue weighted by atomic mass is 10.2. The van der Waals surface area contributed by atoms with Crippen LogP contribution in [0.3, 0.4) is 0 Å². The van der Waals surface area contributed by atoms with Gasteiger partial charge in [0.2, 0.25) is 15.9 Å². The first-order valence-corrected chi connectivity index (χ1v) is 5.39. The van der Waals surface area contributed by atoms with Crippen LogP contribution < -0.4 is 10.9 Å². The van der Waals surface area contributed by atoms with Gasteiger partial charge in [-0.3, -0.25) is 14.9 Å². The molecular formula is C7H7N3O5S. The molecule has 0 saturated carbocycles. The van der Waals surface area contributed by atoms with Crippen LogP contribution in [0.5, 0.6) is 0 Å². The fraction of sp³-hybridized carbons (Fsp3) is 0. The van der Waals surface area contributed by atoms with Gasteiger partial charge in [-0.1, -0.05) is 0 Å². The lowest BCUT2D eigenvalue weighted by Gasteiger charge is -2.01. The summed E-state index contributed by atoms with van der Waals surface area (Å²) in [5, 5.41) is 15.3. The van der Waals surface area contributed by atoms with Crippen LogP contribution in [0.2, 0.25) is 0 Å². The van der Waals surface area contributed by atoms with E-state index in [0.29, 0.717) is 0 Å². The number of primary sulfonamides is 1. The number of hydrogen-bond acceptors (Lipinski definition) is 5. The molecule has 9 heteroatoms. The first kappa shape index (κ1) is 12.1. The fourth-order valence-corrected chi connectivity index (χ4v) is 1.74. The molecule has 1 aromatic carbocycles. The predicted molar refractivity (Wildman–Crippen MR) is 53.0 cm³/mol.